The number of nitrogens with zero attached hydrogens (tertiary/aromatic N) is 5. The SMILES string of the molecule is Cc1nnc(N(C)C)c2nn(-c3ccccc3O)c(C)c12. The van der Waals surface area contributed by atoms with E-state index in [1.165, 1.54) is 0 Å². The van der Waals surface area contributed by atoms with Gasteiger partial charge in [-0.25, -0.2) is 4.68 Å². The molecule has 2 heterocycles. The average molecular weight is 283 g/mol. The van der Waals surface area contributed by atoms with Crippen molar-refractivity contribution in [2.75, 3.05) is 19.0 Å². The monoisotopic (exact) mass is 283 g/mol. The van der Waals surface area contributed by atoms with Crippen molar-refractivity contribution in [1.29, 1.82) is 0 Å². The highest BCUT2D eigenvalue weighted by Gasteiger charge is 2.18. The summed E-state index contributed by atoms with van der Waals surface area (Å²) in [6.45, 7) is 3.88. The predicted octanol–water partition coefficient (Wildman–Crippen LogP) is 2.20. The lowest BCUT2D eigenvalue weighted by Crippen LogP contribution is -2.12. The van der Waals surface area contributed by atoms with Crippen molar-refractivity contribution >= 4 is 16.7 Å². The molecule has 6 nitrogen and oxygen atoms in total. The highest BCUT2D eigenvalue weighted by molar-refractivity contribution is 5.92. The van der Waals surface area contributed by atoms with Gasteiger partial charge in [-0.15, -0.1) is 5.10 Å². The van der Waals surface area contributed by atoms with Gasteiger partial charge in [0.25, 0.3) is 0 Å². The summed E-state index contributed by atoms with van der Waals surface area (Å²) in [6.07, 6.45) is 0. The second-order valence-electron chi connectivity index (χ2n) is 5.21. The lowest BCUT2D eigenvalue weighted by molar-refractivity contribution is 0.470. The van der Waals surface area contributed by atoms with Crippen LogP contribution in [0, 0.1) is 13.8 Å². The van der Waals surface area contributed by atoms with Gasteiger partial charge in [-0.1, -0.05) is 12.1 Å². The van der Waals surface area contributed by atoms with Crippen molar-refractivity contribution < 1.29 is 5.11 Å². The topological polar surface area (TPSA) is 67.1 Å². The van der Waals surface area contributed by atoms with Gasteiger partial charge in [0.1, 0.15) is 17.0 Å². The van der Waals surface area contributed by atoms with Crippen molar-refractivity contribution in [3.8, 4) is 11.4 Å². The molecule has 0 aliphatic heterocycles. The predicted molar refractivity (Wildman–Crippen MR) is 82.1 cm³/mol. The van der Waals surface area contributed by atoms with Crippen molar-refractivity contribution in [1.82, 2.24) is 20.0 Å². The summed E-state index contributed by atoms with van der Waals surface area (Å²) in [4.78, 5) is 1.89. The number of aromatic nitrogens is 4. The van der Waals surface area contributed by atoms with E-state index in [4.69, 9.17) is 0 Å². The zero-order chi connectivity index (χ0) is 15.1. The van der Waals surface area contributed by atoms with Crippen LogP contribution >= 0.6 is 0 Å². The molecule has 0 unspecified atom stereocenters. The van der Waals surface area contributed by atoms with Gasteiger partial charge < -0.3 is 10.0 Å². The third-order valence-electron chi connectivity index (χ3n) is 3.52. The van der Waals surface area contributed by atoms with E-state index < -0.39 is 0 Å². The molecule has 0 spiro atoms. The molecular weight excluding hydrogens is 266 g/mol. The van der Waals surface area contributed by atoms with Gasteiger partial charge in [-0.3, -0.25) is 0 Å². The molecular formula is C15H17N5O. The molecule has 0 saturated heterocycles. The summed E-state index contributed by atoms with van der Waals surface area (Å²) < 4.78 is 1.74. The van der Waals surface area contributed by atoms with E-state index in [0.717, 1.165) is 22.3 Å². The maximum Gasteiger partial charge on any atom is 0.179 e. The molecule has 1 aromatic carbocycles. The summed E-state index contributed by atoms with van der Waals surface area (Å²) in [5.41, 5.74) is 3.19. The van der Waals surface area contributed by atoms with E-state index >= 15 is 0 Å². The number of para-hydroxylation sites is 2. The van der Waals surface area contributed by atoms with Gasteiger partial charge in [0.2, 0.25) is 0 Å². The van der Waals surface area contributed by atoms with Crippen LogP contribution in [0.25, 0.3) is 16.6 Å². The minimum Gasteiger partial charge on any atom is -0.506 e. The third-order valence-corrected chi connectivity index (χ3v) is 3.52. The first kappa shape index (κ1) is 13.4. The van der Waals surface area contributed by atoms with Crippen molar-refractivity contribution in [3.63, 3.8) is 0 Å². The van der Waals surface area contributed by atoms with E-state index in [2.05, 4.69) is 15.3 Å². The second-order valence-corrected chi connectivity index (χ2v) is 5.21. The molecule has 0 fully saturated rings. The lowest BCUT2D eigenvalue weighted by atomic mass is 10.2. The molecule has 21 heavy (non-hydrogen) atoms. The van der Waals surface area contributed by atoms with Crippen LogP contribution in [-0.2, 0) is 0 Å². The minimum atomic E-state index is 0.193. The molecule has 0 radical (unpaired) electrons. The van der Waals surface area contributed by atoms with Crippen LogP contribution in [0.5, 0.6) is 5.75 Å². The summed E-state index contributed by atoms with van der Waals surface area (Å²) >= 11 is 0. The second kappa shape index (κ2) is 4.73. The van der Waals surface area contributed by atoms with Crippen molar-refractivity contribution in [2.45, 2.75) is 13.8 Å². The molecule has 0 aliphatic carbocycles. The summed E-state index contributed by atoms with van der Waals surface area (Å²) in [5.74, 6) is 0.909. The van der Waals surface area contributed by atoms with E-state index in [0.29, 0.717) is 11.5 Å². The number of aryl methyl sites for hydroxylation is 2. The Labute approximate surface area is 122 Å². The van der Waals surface area contributed by atoms with Gasteiger partial charge in [-0.2, -0.15) is 10.2 Å². The van der Waals surface area contributed by atoms with E-state index in [1.54, 1.807) is 16.8 Å². The van der Waals surface area contributed by atoms with Crippen LogP contribution in [0.2, 0.25) is 0 Å². The van der Waals surface area contributed by atoms with Crippen LogP contribution in [0.1, 0.15) is 11.4 Å². The standard InChI is InChI=1S/C15H17N5O/c1-9-13-10(2)20(11-7-5-6-8-12(11)21)18-14(13)15(17-16-9)19(3)4/h5-8,21H,1-4H3. The normalized spacial score (nSPS) is 11.0. The van der Waals surface area contributed by atoms with Gasteiger partial charge in [0.05, 0.1) is 16.8 Å². The molecule has 108 valence electrons. The summed E-state index contributed by atoms with van der Waals surface area (Å²) in [6, 6.07) is 7.14. The number of aromatic hydroxyl groups is 1. The first-order chi connectivity index (χ1) is 10.0. The first-order valence-electron chi connectivity index (χ1n) is 6.69. The fraction of sp³-hybridized carbons (Fsp3) is 0.267. The fourth-order valence-electron chi connectivity index (χ4n) is 2.49. The molecule has 0 atom stereocenters. The number of anilines is 1. The zero-order valence-electron chi connectivity index (χ0n) is 12.5. The molecule has 3 aromatic rings. The van der Waals surface area contributed by atoms with Crippen LogP contribution in [0.4, 0.5) is 5.82 Å². The van der Waals surface area contributed by atoms with Crippen LogP contribution < -0.4 is 4.90 Å². The Morgan fingerprint density at radius 3 is 2.48 bits per heavy atom. The number of phenolic OH excluding ortho intramolecular Hbond substituents is 1. The Kier molecular flexibility index (Phi) is 3.01. The largest absolute Gasteiger partial charge is 0.506 e. The Bertz CT molecular complexity index is 822. The van der Waals surface area contributed by atoms with E-state index in [9.17, 15) is 5.11 Å². The summed E-state index contributed by atoms with van der Waals surface area (Å²) in [7, 11) is 3.82. The number of benzene rings is 1. The van der Waals surface area contributed by atoms with Crippen LogP contribution in [0.15, 0.2) is 24.3 Å². The maximum atomic E-state index is 10.1. The highest BCUT2D eigenvalue weighted by atomic mass is 16.3. The fourth-order valence-corrected chi connectivity index (χ4v) is 2.49. The number of rotatable bonds is 2. The molecule has 3 rings (SSSR count). The number of hydrogen-bond acceptors (Lipinski definition) is 5. The lowest BCUT2D eigenvalue weighted by Gasteiger charge is -2.10. The third kappa shape index (κ3) is 1.99. The molecule has 0 amide bonds. The van der Waals surface area contributed by atoms with Crippen LogP contribution in [-0.4, -0.2) is 39.2 Å². The quantitative estimate of drug-likeness (QED) is 0.781. The molecule has 1 N–H and O–H groups in total. The number of hydrogen-bond donors (Lipinski definition) is 1. The molecule has 0 aliphatic rings. The zero-order valence-corrected chi connectivity index (χ0v) is 12.5. The molecule has 6 heteroatoms. The van der Waals surface area contributed by atoms with Gasteiger partial charge >= 0.3 is 0 Å². The first-order valence-corrected chi connectivity index (χ1v) is 6.69. The van der Waals surface area contributed by atoms with E-state index in [1.807, 2.05) is 45.0 Å². The van der Waals surface area contributed by atoms with E-state index in [-0.39, 0.29) is 5.75 Å². The molecule has 2 aromatic heterocycles. The maximum absolute atomic E-state index is 10.1. The average Bonchev–Trinajstić information content (AvgIpc) is 2.78. The number of phenols is 1. The molecule has 0 bridgehead atoms. The van der Waals surface area contributed by atoms with Gasteiger partial charge in [0, 0.05) is 14.1 Å². The minimum absolute atomic E-state index is 0.193. The Balaban J connectivity index is 2.37. The Hall–Kier alpha value is -2.63. The highest BCUT2D eigenvalue weighted by Crippen LogP contribution is 2.30. The molecule has 0 saturated carbocycles. The van der Waals surface area contributed by atoms with Crippen molar-refractivity contribution in [3.05, 3.63) is 35.7 Å². The Morgan fingerprint density at radius 2 is 1.81 bits per heavy atom. The van der Waals surface area contributed by atoms with Crippen molar-refractivity contribution in [2.24, 2.45) is 0 Å². The van der Waals surface area contributed by atoms with Crippen LogP contribution in [0.3, 0.4) is 0 Å². The van der Waals surface area contributed by atoms with Gasteiger partial charge in [-0.05, 0) is 26.0 Å². The summed E-state index contributed by atoms with van der Waals surface area (Å²) in [5, 5.41) is 24.1. The Morgan fingerprint density at radius 1 is 1.10 bits per heavy atom. The van der Waals surface area contributed by atoms with Gasteiger partial charge in [0.15, 0.2) is 5.82 Å². The smallest absolute Gasteiger partial charge is 0.179 e. The number of fused-ring (bicyclic) bond motifs is 1.